The zero-order valence-corrected chi connectivity index (χ0v) is 15.6. The lowest BCUT2D eigenvalue weighted by Crippen LogP contribution is -2.16. The monoisotopic (exact) mass is 449 g/mol. The summed E-state index contributed by atoms with van der Waals surface area (Å²) < 4.78 is 19.6. The third-order valence-electron chi connectivity index (χ3n) is 2.83. The molecule has 0 amide bonds. The molecule has 24 heavy (non-hydrogen) atoms. The molecule has 130 valence electrons. The van der Waals surface area contributed by atoms with E-state index in [9.17, 15) is 14.4 Å². The molecule has 0 aromatic heterocycles. The first-order chi connectivity index (χ1) is 11.4. The van der Waals surface area contributed by atoms with Crippen molar-refractivity contribution in [2.75, 3.05) is 33.8 Å². The standard InChI is InChI=1S/C15H16INO7/c1-21-12-6-10(9(16)5-8(12)14(19)23-3)17-11(15(20)24-4)7-13(18)22-2/h5-7,17H,1-4H3/b11-7+. The minimum Gasteiger partial charge on any atom is -0.496 e. The molecular formula is C15H16INO7. The van der Waals surface area contributed by atoms with E-state index in [1.54, 1.807) is 0 Å². The number of esters is 3. The predicted octanol–water partition coefficient (Wildman–Crippen LogP) is 1.73. The maximum atomic E-state index is 11.8. The summed E-state index contributed by atoms with van der Waals surface area (Å²) in [6, 6.07) is 3.03. The second kappa shape index (κ2) is 9.11. The highest BCUT2D eigenvalue weighted by atomic mass is 127. The molecule has 1 aromatic carbocycles. The second-order valence-corrected chi connectivity index (χ2v) is 5.38. The molecule has 0 spiro atoms. The first-order valence-electron chi connectivity index (χ1n) is 6.48. The molecule has 0 fully saturated rings. The molecule has 0 unspecified atom stereocenters. The van der Waals surface area contributed by atoms with Crippen LogP contribution in [0.3, 0.4) is 0 Å². The van der Waals surface area contributed by atoms with Gasteiger partial charge in [-0.1, -0.05) is 0 Å². The lowest BCUT2D eigenvalue weighted by molar-refractivity contribution is -0.138. The smallest absolute Gasteiger partial charge is 0.354 e. The Morgan fingerprint density at radius 2 is 1.71 bits per heavy atom. The molecule has 0 atom stereocenters. The Labute approximate surface area is 152 Å². The summed E-state index contributed by atoms with van der Waals surface area (Å²) in [4.78, 5) is 34.9. The van der Waals surface area contributed by atoms with E-state index in [0.717, 1.165) is 6.08 Å². The molecule has 8 nitrogen and oxygen atoms in total. The fraction of sp³-hybridized carbons (Fsp3) is 0.267. The van der Waals surface area contributed by atoms with Gasteiger partial charge in [0.2, 0.25) is 0 Å². The number of ether oxygens (including phenoxy) is 4. The minimum atomic E-state index is -0.757. The number of benzene rings is 1. The quantitative estimate of drug-likeness (QED) is 0.304. The van der Waals surface area contributed by atoms with Crippen LogP contribution in [0.25, 0.3) is 0 Å². The average Bonchev–Trinajstić information content (AvgIpc) is 2.60. The number of carbonyl (C=O) groups is 3. The molecular weight excluding hydrogens is 433 g/mol. The average molecular weight is 449 g/mol. The van der Waals surface area contributed by atoms with Crippen molar-refractivity contribution in [1.82, 2.24) is 0 Å². The third kappa shape index (κ3) is 4.85. The van der Waals surface area contributed by atoms with Crippen LogP contribution in [0.1, 0.15) is 10.4 Å². The minimum absolute atomic E-state index is 0.130. The summed E-state index contributed by atoms with van der Waals surface area (Å²) in [5.41, 5.74) is 0.530. The molecule has 0 aliphatic carbocycles. The van der Waals surface area contributed by atoms with E-state index in [-0.39, 0.29) is 17.0 Å². The number of halogens is 1. The van der Waals surface area contributed by atoms with Crippen LogP contribution in [-0.4, -0.2) is 46.3 Å². The van der Waals surface area contributed by atoms with Crippen molar-refractivity contribution < 1.29 is 33.3 Å². The molecule has 0 saturated carbocycles. The van der Waals surface area contributed by atoms with Crippen LogP contribution in [0, 0.1) is 3.57 Å². The van der Waals surface area contributed by atoms with E-state index in [1.165, 1.54) is 40.6 Å². The second-order valence-electron chi connectivity index (χ2n) is 4.22. The van der Waals surface area contributed by atoms with E-state index in [0.29, 0.717) is 9.26 Å². The molecule has 0 aliphatic heterocycles. The van der Waals surface area contributed by atoms with E-state index in [1.807, 2.05) is 22.6 Å². The summed E-state index contributed by atoms with van der Waals surface area (Å²) in [5, 5.41) is 2.77. The molecule has 1 rings (SSSR count). The Morgan fingerprint density at radius 1 is 1.04 bits per heavy atom. The van der Waals surface area contributed by atoms with Gasteiger partial charge in [-0.3, -0.25) is 0 Å². The van der Waals surface area contributed by atoms with Crippen LogP contribution in [0.15, 0.2) is 23.9 Å². The Hall–Kier alpha value is -2.30. The molecule has 0 bridgehead atoms. The normalized spacial score (nSPS) is 10.6. The molecule has 0 aliphatic rings. The van der Waals surface area contributed by atoms with Gasteiger partial charge in [-0.2, -0.15) is 0 Å². The SMILES string of the molecule is COC(=O)/C=C(/Nc1cc(OC)c(C(=O)OC)cc1I)C(=O)OC. The summed E-state index contributed by atoms with van der Waals surface area (Å²) in [6.45, 7) is 0. The zero-order valence-electron chi connectivity index (χ0n) is 13.5. The maximum absolute atomic E-state index is 11.8. The van der Waals surface area contributed by atoms with Gasteiger partial charge in [0.15, 0.2) is 0 Å². The first-order valence-corrected chi connectivity index (χ1v) is 7.56. The number of hydrogen-bond acceptors (Lipinski definition) is 8. The van der Waals surface area contributed by atoms with Gasteiger partial charge in [-0.25, -0.2) is 14.4 Å². The van der Waals surface area contributed by atoms with E-state index in [4.69, 9.17) is 4.74 Å². The highest BCUT2D eigenvalue weighted by Crippen LogP contribution is 2.30. The van der Waals surface area contributed by atoms with Crippen molar-refractivity contribution >= 4 is 46.2 Å². The van der Waals surface area contributed by atoms with E-state index in [2.05, 4.69) is 19.5 Å². The number of anilines is 1. The maximum Gasteiger partial charge on any atom is 0.354 e. The Morgan fingerprint density at radius 3 is 2.21 bits per heavy atom. The lowest BCUT2D eigenvalue weighted by Gasteiger charge is -2.14. The van der Waals surface area contributed by atoms with Gasteiger partial charge in [-0.15, -0.1) is 0 Å². The molecule has 0 saturated heterocycles. The highest BCUT2D eigenvalue weighted by molar-refractivity contribution is 14.1. The Balaban J connectivity index is 3.30. The van der Waals surface area contributed by atoms with Crippen LogP contribution in [0.4, 0.5) is 5.69 Å². The fourth-order valence-corrected chi connectivity index (χ4v) is 2.27. The van der Waals surface area contributed by atoms with Gasteiger partial charge in [0.1, 0.15) is 17.0 Å². The van der Waals surface area contributed by atoms with Crippen LogP contribution >= 0.6 is 22.6 Å². The fourth-order valence-electron chi connectivity index (χ4n) is 1.67. The van der Waals surface area contributed by atoms with E-state index < -0.39 is 17.9 Å². The number of rotatable bonds is 6. The van der Waals surface area contributed by atoms with Crippen LogP contribution in [0.5, 0.6) is 5.75 Å². The van der Waals surface area contributed by atoms with Crippen LogP contribution < -0.4 is 10.1 Å². The van der Waals surface area contributed by atoms with Gasteiger partial charge >= 0.3 is 17.9 Å². The van der Waals surface area contributed by atoms with Crippen molar-refractivity contribution in [2.45, 2.75) is 0 Å². The van der Waals surface area contributed by atoms with E-state index >= 15 is 0 Å². The third-order valence-corrected chi connectivity index (χ3v) is 3.72. The molecule has 0 heterocycles. The number of nitrogens with one attached hydrogen (secondary N) is 1. The van der Waals surface area contributed by atoms with Crippen molar-refractivity contribution in [1.29, 1.82) is 0 Å². The van der Waals surface area contributed by atoms with Gasteiger partial charge in [0.25, 0.3) is 0 Å². The van der Waals surface area contributed by atoms with Crippen molar-refractivity contribution in [3.63, 3.8) is 0 Å². The van der Waals surface area contributed by atoms with Crippen molar-refractivity contribution in [3.05, 3.63) is 33.0 Å². The Bertz CT molecular complexity index is 685. The molecule has 1 N–H and O–H groups in total. The number of methoxy groups -OCH3 is 4. The van der Waals surface area contributed by atoms with Crippen molar-refractivity contribution in [2.24, 2.45) is 0 Å². The predicted molar refractivity (Wildman–Crippen MR) is 92.8 cm³/mol. The van der Waals surface area contributed by atoms with Crippen molar-refractivity contribution in [3.8, 4) is 5.75 Å². The van der Waals surface area contributed by atoms with Crippen LogP contribution in [-0.2, 0) is 23.8 Å². The first kappa shape index (κ1) is 19.7. The summed E-state index contributed by atoms with van der Waals surface area (Å²) in [7, 11) is 5.02. The number of hydrogen-bond donors (Lipinski definition) is 1. The van der Waals surface area contributed by atoms with Gasteiger partial charge in [-0.05, 0) is 28.7 Å². The van der Waals surface area contributed by atoms with Crippen LogP contribution in [0.2, 0.25) is 0 Å². The summed E-state index contributed by atoms with van der Waals surface area (Å²) in [5.74, 6) is -1.80. The lowest BCUT2D eigenvalue weighted by atomic mass is 10.1. The van der Waals surface area contributed by atoms with Gasteiger partial charge in [0, 0.05) is 9.64 Å². The number of carbonyl (C=O) groups excluding carboxylic acids is 3. The molecule has 1 aromatic rings. The molecule has 9 heteroatoms. The Kier molecular flexibility index (Phi) is 7.49. The molecule has 0 radical (unpaired) electrons. The summed E-state index contributed by atoms with van der Waals surface area (Å²) in [6.07, 6.45) is 0.961. The highest BCUT2D eigenvalue weighted by Gasteiger charge is 2.19. The zero-order chi connectivity index (χ0) is 18.3. The van der Waals surface area contributed by atoms with Gasteiger partial charge < -0.3 is 24.3 Å². The largest absolute Gasteiger partial charge is 0.496 e. The summed E-state index contributed by atoms with van der Waals surface area (Å²) >= 11 is 1.96. The topological polar surface area (TPSA) is 100 Å². The van der Waals surface area contributed by atoms with Gasteiger partial charge in [0.05, 0.1) is 40.2 Å².